The van der Waals surface area contributed by atoms with Gasteiger partial charge in [0.1, 0.15) is 0 Å². The number of amides is 3. The summed E-state index contributed by atoms with van der Waals surface area (Å²) < 4.78 is 1.51. The molecule has 5 aromatic rings. The number of carbonyl (C=O) groups is 2. The SMILES string of the molecule is O=C(O)NCCCCCCn1nc(-c2ccc(NC(=O)N3Cc4ccncc4C3)cc2)cc(-c2ccc3cccnc3c2)c1=O. The van der Waals surface area contributed by atoms with Crippen molar-refractivity contribution in [1.29, 1.82) is 0 Å². The summed E-state index contributed by atoms with van der Waals surface area (Å²) in [7, 11) is 0. The lowest BCUT2D eigenvalue weighted by Crippen LogP contribution is -2.30. The van der Waals surface area contributed by atoms with E-state index in [4.69, 9.17) is 10.2 Å². The Bertz CT molecular complexity index is 1880. The largest absolute Gasteiger partial charge is 0.465 e. The molecule has 2 aromatic carbocycles. The maximum absolute atomic E-state index is 13.7. The summed E-state index contributed by atoms with van der Waals surface area (Å²) in [5, 5.41) is 19.8. The number of nitrogens with zero attached hydrogens (tertiary/aromatic N) is 5. The first-order valence-electron chi connectivity index (χ1n) is 15.0. The summed E-state index contributed by atoms with van der Waals surface area (Å²) in [5.74, 6) is 0. The van der Waals surface area contributed by atoms with Crippen molar-refractivity contribution in [2.45, 2.75) is 45.3 Å². The summed E-state index contributed by atoms with van der Waals surface area (Å²) in [6, 6.07) is 20.7. The molecule has 1 aliphatic heterocycles. The molecule has 6 rings (SSSR count). The molecule has 0 unspecified atom stereocenters. The quantitative estimate of drug-likeness (QED) is 0.169. The molecule has 228 valence electrons. The minimum atomic E-state index is -1.02. The Balaban J connectivity index is 1.21. The zero-order valence-corrected chi connectivity index (χ0v) is 24.6. The molecule has 11 nitrogen and oxygen atoms in total. The summed E-state index contributed by atoms with van der Waals surface area (Å²) in [6.45, 7) is 1.90. The van der Waals surface area contributed by atoms with Crippen LogP contribution >= 0.6 is 0 Å². The number of aromatic nitrogens is 4. The fraction of sp³-hybridized carbons (Fsp3) is 0.235. The monoisotopic (exact) mass is 603 g/mol. The third kappa shape index (κ3) is 6.98. The molecule has 0 bridgehead atoms. The smallest absolute Gasteiger partial charge is 0.404 e. The molecule has 0 saturated carbocycles. The molecule has 3 amide bonds. The van der Waals surface area contributed by atoms with Gasteiger partial charge >= 0.3 is 12.1 Å². The van der Waals surface area contributed by atoms with Gasteiger partial charge in [-0.1, -0.05) is 43.2 Å². The lowest BCUT2D eigenvalue weighted by atomic mass is 10.0. The van der Waals surface area contributed by atoms with E-state index in [1.54, 1.807) is 23.5 Å². The first kappa shape index (κ1) is 29.5. The highest BCUT2D eigenvalue weighted by Gasteiger charge is 2.23. The van der Waals surface area contributed by atoms with Crippen LogP contribution in [0, 0.1) is 0 Å². The number of rotatable bonds is 10. The van der Waals surface area contributed by atoms with Gasteiger partial charge in [-0.3, -0.25) is 14.8 Å². The van der Waals surface area contributed by atoms with E-state index < -0.39 is 6.09 Å². The van der Waals surface area contributed by atoms with Crippen LogP contribution in [0.4, 0.5) is 15.3 Å². The number of unbranched alkanes of at least 4 members (excludes halogenated alkanes) is 3. The average molecular weight is 604 g/mol. The number of fused-ring (bicyclic) bond motifs is 2. The second-order valence-electron chi connectivity index (χ2n) is 11.0. The molecular weight excluding hydrogens is 570 g/mol. The Morgan fingerprint density at radius 2 is 1.67 bits per heavy atom. The number of pyridine rings is 2. The highest BCUT2D eigenvalue weighted by Crippen LogP contribution is 2.27. The lowest BCUT2D eigenvalue weighted by Gasteiger charge is -2.16. The number of carboxylic acid groups (broad SMARTS) is 1. The lowest BCUT2D eigenvalue weighted by molar-refractivity contribution is 0.194. The molecule has 4 heterocycles. The summed E-state index contributed by atoms with van der Waals surface area (Å²) in [5.41, 5.74) is 6.15. The Morgan fingerprint density at radius 1 is 0.867 bits per heavy atom. The zero-order valence-electron chi connectivity index (χ0n) is 24.6. The van der Waals surface area contributed by atoms with E-state index in [2.05, 4.69) is 20.6 Å². The summed E-state index contributed by atoms with van der Waals surface area (Å²) in [6.07, 6.45) is 7.37. The van der Waals surface area contributed by atoms with E-state index in [-0.39, 0.29) is 11.6 Å². The topological polar surface area (TPSA) is 142 Å². The van der Waals surface area contributed by atoms with Crippen LogP contribution in [0.3, 0.4) is 0 Å². The molecule has 0 aliphatic carbocycles. The second-order valence-corrected chi connectivity index (χ2v) is 11.0. The number of urea groups is 1. The Labute approximate surface area is 259 Å². The van der Waals surface area contributed by atoms with E-state index in [1.807, 2.05) is 66.7 Å². The zero-order chi connectivity index (χ0) is 31.2. The van der Waals surface area contributed by atoms with Gasteiger partial charge in [-0.05, 0) is 65.9 Å². The van der Waals surface area contributed by atoms with Crippen LogP contribution in [-0.2, 0) is 19.6 Å². The predicted molar refractivity (Wildman–Crippen MR) is 172 cm³/mol. The number of hydrogen-bond donors (Lipinski definition) is 3. The minimum Gasteiger partial charge on any atom is -0.465 e. The maximum Gasteiger partial charge on any atom is 0.404 e. The number of benzene rings is 2. The van der Waals surface area contributed by atoms with E-state index in [0.29, 0.717) is 43.1 Å². The number of aryl methyl sites for hydroxylation is 1. The number of hydrogen-bond acceptors (Lipinski definition) is 6. The standard InChI is InChI=1S/C34H33N7O4/c42-32-29(25-8-7-23-6-5-15-36-30(23)18-25)19-31(39-41(32)17-4-2-1-3-14-37-34(44)45)24-9-11-28(12-10-24)38-33(43)40-21-26-13-16-35-20-27(26)22-40/h5-13,15-16,18-20,37H,1-4,14,17,21-22H2,(H,38,43)(H,44,45). The van der Waals surface area contributed by atoms with Crippen LogP contribution in [0.1, 0.15) is 36.8 Å². The molecular formula is C34H33N7O4. The van der Waals surface area contributed by atoms with Crippen LogP contribution in [0.2, 0.25) is 0 Å². The van der Waals surface area contributed by atoms with Crippen LogP contribution in [0.25, 0.3) is 33.3 Å². The molecule has 0 spiro atoms. The van der Waals surface area contributed by atoms with Gasteiger partial charge in [-0.25, -0.2) is 14.3 Å². The van der Waals surface area contributed by atoms with Gasteiger partial charge in [0.25, 0.3) is 5.56 Å². The first-order chi connectivity index (χ1) is 21.9. The molecule has 0 saturated heterocycles. The summed E-state index contributed by atoms with van der Waals surface area (Å²) >= 11 is 0. The number of nitrogens with one attached hydrogen (secondary N) is 2. The van der Waals surface area contributed by atoms with Crippen molar-refractivity contribution in [3.63, 3.8) is 0 Å². The van der Waals surface area contributed by atoms with Crippen molar-refractivity contribution < 1.29 is 14.7 Å². The third-order valence-corrected chi connectivity index (χ3v) is 7.91. The van der Waals surface area contributed by atoms with Gasteiger partial charge in [0.2, 0.25) is 0 Å². The highest BCUT2D eigenvalue weighted by atomic mass is 16.4. The average Bonchev–Trinajstić information content (AvgIpc) is 3.50. The summed E-state index contributed by atoms with van der Waals surface area (Å²) in [4.78, 5) is 47.6. The second kappa shape index (κ2) is 13.4. The number of anilines is 1. The Hall–Kier alpha value is -5.58. The van der Waals surface area contributed by atoms with Gasteiger partial charge < -0.3 is 20.6 Å². The van der Waals surface area contributed by atoms with Crippen molar-refractivity contribution in [3.8, 4) is 22.4 Å². The Kier molecular flexibility index (Phi) is 8.77. The molecule has 0 radical (unpaired) electrons. The van der Waals surface area contributed by atoms with Gasteiger partial charge in [-0.15, -0.1) is 0 Å². The first-order valence-corrected chi connectivity index (χ1v) is 15.0. The van der Waals surface area contributed by atoms with Crippen LogP contribution in [0.15, 0.2) is 90.1 Å². The Morgan fingerprint density at radius 3 is 2.49 bits per heavy atom. The molecule has 1 aliphatic rings. The number of carbonyl (C=O) groups excluding carboxylic acids is 1. The van der Waals surface area contributed by atoms with Crippen LogP contribution < -0.4 is 16.2 Å². The van der Waals surface area contributed by atoms with Crippen LogP contribution in [-0.4, -0.2) is 48.4 Å². The van der Waals surface area contributed by atoms with E-state index >= 15 is 0 Å². The van der Waals surface area contributed by atoms with Crippen molar-refractivity contribution in [1.82, 2.24) is 30.0 Å². The molecule has 0 fully saturated rings. The third-order valence-electron chi connectivity index (χ3n) is 7.91. The van der Waals surface area contributed by atoms with E-state index in [1.165, 1.54) is 4.68 Å². The fourth-order valence-corrected chi connectivity index (χ4v) is 5.50. The van der Waals surface area contributed by atoms with Gasteiger partial charge in [0.15, 0.2) is 0 Å². The van der Waals surface area contributed by atoms with Gasteiger partial charge in [-0.2, -0.15) is 5.10 Å². The highest BCUT2D eigenvalue weighted by molar-refractivity contribution is 5.90. The molecule has 0 atom stereocenters. The minimum absolute atomic E-state index is 0.184. The maximum atomic E-state index is 13.7. The molecule has 11 heteroatoms. The molecule has 3 aromatic heterocycles. The molecule has 3 N–H and O–H groups in total. The van der Waals surface area contributed by atoms with Gasteiger partial charge in [0, 0.05) is 61.4 Å². The normalized spacial score (nSPS) is 12.2. The molecule has 45 heavy (non-hydrogen) atoms. The fourth-order valence-electron chi connectivity index (χ4n) is 5.50. The van der Waals surface area contributed by atoms with Crippen molar-refractivity contribution in [2.75, 3.05) is 11.9 Å². The van der Waals surface area contributed by atoms with E-state index in [9.17, 15) is 14.4 Å². The van der Waals surface area contributed by atoms with Crippen molar-refractivity contribution >= 4 is 28.7 Å². The van der Waals surface area contributed by atoms with E-state index in [0.717, 1.165) is 58.8 Å². The van der Waals surface area contributed by atoms with Gasteiger partial charge in [0.05, 0.1) is 16.8 Å². The van der Waals surface area contributed by atoms with Crippen molar-refractivity contribution in [3.05, 3.63) is 107 Å². The van der Waals surface area contributed by atoms with Crippen molar-refractivity contribution in [2.24, 2.45) is 0 Å². The predicted octanol–water partition coefficient (Wildman–Crippen LogP) is 5.90. The van der Waals surface area contributed by atoms with Crippen LogP contribution in [0.5, 0.6) is 0 Å².